The molecule has 2 unspecified atom stereocenters. The molecule has 0 aliphatic carbocycles. The number of nitrogens with zero attached hydrogens (tertiary/aromatic N) is 1. The third-order valence-corrected chi connectivity index (χ3v) is 5.16. The second-order valence-electron chi connectivity index (χ2n) is 7.12. The molecule has 0 saturated heterocycles. The van der Waals surface area contributed by atoms with E-state index in [4.69, 9.17) is 0 Å². The first-order valence-electron chi connectivity index (χ1n) is 9.94. The van der Waals surface area contributed by atoms with Crippen molar-refractivity contribution in [3.05, 3.63) is 114 Å². The topological polar surface area (TPSA) is 40.5 Å². The Balaban J connectivity index is 1.93. The van der Waals surface area contributed by atoms with E-state index in [9.17, 15) is 9.90 Å². The summed E-state index contributed by atoms with van der Waals surface area (Å²) in [5.41, 5.74) is 3.33. The summed E-state index contributed by atoms with van der Waals surface area (Å²) in [5.74, 6) is -0.795. The number of carbonyl (C=O) groups is 1. The standard InChI is InChI=1S/C26H27NO2/c1-21(23-15-7-3-8-16-23)27(19-11-14-22-12-5-2-6-13-22)25(20-26(28)29)24-17-9-4-10-18-24/h2-18,21,25H,19-20H2,1H3,(H,28,29)/b14-11+. The maximum Gasteiger partial charge on any atom is 0.305 e. The smallest absolute Gasteiger partial charge is 0.305 e. The first-order chi connectivity index (χ1) is 14.1. The Morgan fingerprint density at radius 2 is 1.38 bits per heavy atom. The predicted molar refractivity (Wildman–Crippen MR) is 118 cm³/mol. The summed E-state index contributed by atoms with van der Waals surface area (Å²) in [6.07, 6.45) is 4.26. The predicted octanol–water partition coefficient (Wildman–Crippen LogP) is 5.98. The summed E-state index contributed by atoms with van der Waals surface area (Å²) >= 11 is 0. The molecular weight excluding hydrogens is 358 g/mol. The molecule has 0 saturated carbocycles. The van der Waals surface area contributed by atoms with E-state index < -0.39 is 5.97 Å². The molecule has 3 aromatic rings. The van der Waals surface area contributed by atoms with Crippen LogP contribution in [0.1, 0.15) is 42.1 Å². The Morgan fingerprint density at radius 1 is 0.862 bits per heavy atom. The number of carboxylic acid groups (broad SMARTS) is 1. The second-order valence-corrected chi connectivity index (χ2v) is 7.12. The average Bonchev–Trinajstić information content (AvgIpc) is 2.77. The van der Waals surface area contributed by atoms with Crippen molar-refractivity contribution in [2.24, 2.45) is 0 Å². The molecule has 0 spiro atoms. The molecule has 0 bridgehead atoms. The highest BCUT2D eigenvalue weighted by Gasteiger charge is 2.27. The van der Waals surface area contributed by atoms with E-state index >= 15 is 0 Å². The van der Waals surface area contributed by atoms with Gasteiger partial charge in [-0.3, -0.25) is 9.69 Å². The van der Waals surface area contributed by atoms with Crippen molar-refractivity contribution in [3.8, 4) is 0 Å². The highest BCUT2D eigenvalue weighted by molar-refractivity contribution is 5.68. The minimum absolute atomic E-state index is 0.0559. The molecule has 3 rings (SSSR count). The minimum Gasteiger partial charge on any atom is -0.481 e. The summed E-state index contributed by atoms with van der Waals surface area (Å²) in [6.45, 7) is 2.79. The molecule has 0 aliphatic heterocycles. The summed E-state index contributed by atoms with van der Waals surface area (Å²) < 4.78 is 0. The normalized spacial score (nSPS) is 13.4. The Labute approximate surface area is 172 Å². The zero-order valence-corrected chi connectivity index (χ0v) is 16.7. The fraction of sp³-hybridized carbons (Fsp3) is 0.192. The van der Waals surface area contributed by atoms with Gasteiger partial charge in [-0.15, -0.1) is 0 Å². The molecular formula is C26H27NO2. The average molecular weight is 386 g/mol. The van der Waals surface area contributed by atoms with Gasteiger partial charge < -0.3 is 5.11 Å². The molecule has 0 heterocycles. The maximum atomic E-state index is 11.7. The van der Waals surface area contributed by atoms with Crippen LogP contribution in [0.15, 0.2) is 97.1 Å². The maximum absolute atomic E-state index is 11.7. The summed E-state index contributed by atoms with van der Waals surface area (Å²) in [5, 5.41) is 9.61. The lowest BCUT2D eigenvalue weighted by Crippen LogP contribution is -2.33. The van der Waals surface area contributed by atoms with E-state index in [0.717, 1.165) is 11.1 Å². The third kappa shape index (κ3) is 5.90. The lowest BCUT2D eigenvalue weighted by Gasteiger charge is -2.36. The van der Waals surface area contributed by atoms with Crippen molar-refractivity contribution >= 4 is 12.0 Å². The molecule has 0 amide bonds. The van der Waals surface area contributed by atoms with Gasteiger partial charge in [0.15, 0.2) is 0 Å². The molecule has 3 aromatic carbocycles. The number of hydrogen-bond acceptors (Lipinski definition) is 2. The van der Waals surface area contributed by atoms with Gasteiger partial charge in [0, 0.05) is 18.6 Å². The summed E-state index contributed by atoms with van der Waals surface area (Å²) in [7, 11) is 0. The van der Waals surface area contributed by atoms with Crippen LogP contribution in [-0.2, 0) is 4.79 Å². The highest BCUT2D eigenvalue weighted by Crippen LogP contribution is 2.33. The van der Waals surface area contributed by atoms with Gasteiger partial charge in [0.1, 0.15) is 0 Å². The molecule has 148 valence electrons. The van der Waals surface area contributed by atoms with Crippen molar-refractivity contribution in [3.63, 3.8) is 0 Å². The zero-order valence-electron chi connectivity index (χ0n) is 16.7. The largest absolute Gasteiger partial charge is 0.481 e. The van der Waals surface area contributed by atoms with Gasteiger partial charge in [0.05, 0.1) is 6.42 Å². The van der Waals surface area contributed by atoms with E-state index in [1.807, 2.05) is 66.7 Å². The quantitative estimate of drug-likeness (QED) is 0.493. The van der Waals surface area contributed by atoms with Gasteiger partial charge in [-0.2, -0.15) is 0 Å². The molecule has 3 heteroatoms. The first-order valence-corrected chi connectivity index (χ1v) is 9.94. The van der Waals surface area contributed by atoms with E-state index in [-0.39, 0.29) is 18.5 Å². The Hall–Kier alpha value is -3.17. The Bertz CT molecular complexity index is 907. The summed E-state index contributed by atoms with van der Waals surface area (Å²) in [4.78, 5) is 14.0. The molecule has 0 aliphatic rings. The van der Waals surface area contributed by atoms with Crippen LogP contribution in [0.2, 0.25) is 0 Å². The van der Waals surface area contributed by atoms with E-state index in [0.29, 0.717) is 6.54 Å². The molecule has 0 fully saturated rings. The lowest BCUT2D eigenvalue weighted by molar-refractivity contribution is -0.138. The van der Waals surface area contributed by atoms with Crippen LogP contribution in [0.4, 0.5) is 0 Å². The first kappa shape index (κ1) is 20.6. The van der Waals surface area contributed by atoms with E-state index in [1.165, 1.54) is 5.56 Å². The van der Waals surface area contributed by atoms with Gasteiger partial charge in [-0.25, -0.2) is 0 Å². The molecule has 0 aromatic heterocycles. The van der Waals surface area contributed by atoms with Crippen LogP contribution < -0.4 is 0 Å². The minimum atomic E-state index is -0.795. The Morgan fingerprint density at radius 3 is 1.93 bits per heavy atom. The SMILES string of the molecule is CC(c1ccccc1)N(C/C=C/c1ccccc1)C(CC(=O)O)c1ccccc1. The van der Waals surface area contributed by atoms with Crippen LogP contribution in [0.25, 0.3) is 6.08 Å². The molecule has 1 N–H and O–H groups in total. The number of aliphatic carboxylic acids is 1. The number of rotatable bonds is 9. The van der Waals surface area contributed by atoms with Crippen molar-refractivity contribution in [1.82, 2.24) is 4.90 Å². The zero-order chi connectivity index (χ0) is 20.5. The van der Waals surface area contributed by atoms with Crippen molar-refractivity contribution < 1.29 is 9.90 Å². The van der Waals surface area contributed by atoms with Crippen molar-refractivity contribution in [1.29, 1.82) is 0 Å². The van der Waals surface area contributed by atoms with Crippen LogP contribution in [0.5, 0.6) is 0 Å². The van der Waals surface area contributed by atoms with Crippen LogP contribution in [-0.4, -0.2) is 22.5 Å². The van der Waals surface area contributed by atoms with Crippen LogP contribution in [0.3, 0.4) is 0 Å². The third-order valence-electron chi connectivity index (χ3n) is 5.16. The van der Waals surface area contributed by atoms with Crippen LogP contribution in [0, 0.1) is 0 Å². The van der Waals surface area contributed by atoms with Gasteiger partial charge in [-0.05, 0) is 23.6 Å². The Kier molecular flexibility index (Phi) is 7.37. The highest BCUT2D eigenvalue weighted by atomic mass is 16.4. The fourth-order valence-corrected chi connectivity index (χ4v) is 3.62. The van der Waals surface area contributed by atoms with E-state index in [2.05, 4.69) is 48.2 Å². The number of benzene rings is 3. The monoisotopic (exact) mass is 385 g/mol. The molecule has 29 heavy (non-hydrogen) atoms. The van der Waals surface area contributed by atoms with Crippen molar-refractivity contribution in [2.75, 3.05) is 6.54 Å². The molecule has 0 radical (unpaired) electrons. The van der Waals surface area contributed by atoms with Crippen molar-refractivity contribution in [2.45, 2.75) is 25.4 Å². The second kappa shape index (κ2) is 10.4. The van der Waals surface area contributed by atoms with Gasteiger partial charge in [-0.1, -0.05) is 103 Å². The van der Waals surface area contributed by atoms with Crippen LogP contribution >= 0.6 is 0 Å². The number of carboxylic acids is 1. The van der Waals surface area contributed by atoms with E-state index in [1.54, 1.807) is 0 Å². The fourth-order valence-electron chi connectivity index (χ4n) is 3.62. The number of hydrogen-bond donors (Lipinski definition) is 1. The molecule has 3 nitrogen and oxygen atoms in total. The molecule has 2 atom stereocenters. The summed E-state index contributed by atoms with van der Waals surface area (Å²) in [6, 6.07) is 30.2. The van der Waals surface area contributed by atoms with Gasteiger partial charge in [0.2, 0.25) is 0 Å². The van der Waals surface area contributed by atoms with Gasteiger partial charge >= 0.3 is 5.97 Å². The van der Waals surface area contributed by atoms with Gasteiger partial charge in [0.25, 0.3) is 0 Å². The lowest BCUT2D eigenvalue weighted by atomic mass is 9.97.